The van der Waals surface area contributed by atoms with Gasteiger partial charge in [-0.3, -0.25) is 9.59 Å². The molecule has 0 saturated carbocycles. The first-order chi connectivity index (χ1) is 8.61. The summed E-state index contributed by atoms with van der Waals surface area (Å²) in [7, 11) is 0. The molecule has 1 amide bonds. The van der Waals surface area contributed by atoms with E-state index in [4.69, 9.17) is 14.3 Å². The Labute approximate surface area is 103 Å². The summed E-state index contributed by atoms with van der Waals surface area (Å²) in [6.45, 7) is 0.874. The average Bonchev–Trinajstić information content (AvgIpc) is 2.82. The van der Waals surface area contributed by atoms with Gasteiger partial charge in [-0.2, -0.15) is 0 Å². The Morgan fingerprint density at radius 2 is 2.17 bits per heavy atom. The van der Waals surface area contributed by atoms with Gasteiger partial charge in [0.15, 0.2) is 12.1 Å². The smallest absolute Gasteiger partial charge is 0.305 e. The topological polar surface area (TPSA) is 102 Å². The lowest BCUT2D eigenvalue weighted by molar-refractivity contribution is -0.139. The second-order valence-electron chi connectivity index (χ2n) is 4.29. The normalized spacial score (nSPS) is 18.2. The van der Waals surface area contributed by atoms with Crippen molar-refractivity contribution in [3.05, 3.63) is 18.4 Å². The van der Waals surface area contributed by atoms with Gasteiger partial charge in [0.25, 0.3) is 5.91 Å². The maximum absolute atomic E-state index is 11.9. The predicted molar refractivity (Wildman–Crippen MR) is 59.0 cm³/mol. The molecule has 1 fully saturated rings. The van der Waals surface area contributed by atoms with Gasteiger partial charge in [0.2, 0.25) is 0 Å². The van der Waals surface area contributed by atoms with E-state index in [1.165, 1.54) is 6.26 Å². The van der Waals surface area contributed by atoms with E-state index in [2.05, 4.69) is 10.3 Å². The Morgan fingerprint density at radius 1 is 1.44 bits per heavy atom. The van der Waals surface area contributed by atoms with E-state index in [1.807, 2.05) is 0 Å². The highest BCUT2D eigenvalue weighted by atomic mass is 16.5. The van der Waals surface area contributed by atoms with E-state index in [1.54, 1.807) is 0 Å². The van der Waals surface area contributed by atoms with Crippen LogP contribution in [-0.4, -0.2) is 40.7 Å². The third-order valence-corrected chi connectivity index (χ3v) is 2.98. The Morgan fingerprint density at radius 3 is 2.72 bits per heavy atom. The van der Waals surface area contributed by atoms with Gasteiger partial charge in [0.05, 0.1) is 12.0 Å². The fourth-order valence-corrected chi connectivity index (χ4v) is 2.03. The number of aromatic nitrogens is 1. The predicted octanol–water partition coefficient (Wildman–Crippen LogP) is 0.428. The van der Waals surface area contributed by atoms with Crippen molar-refractivity contribution >= 4 is 11.9 Å². The monoisotopic (exact) mass is 254 g/mol. The zero-order valence-electron chi connectivity index (χ0n) is 9.72. The minimum absolute atomic E-state index is 0.125. The molecule has 0 aliphatic carbocycles. The molecule has 0 unspecified atom stereocenters. The quantitative estimate of drug-likeness (QED) is 0.807. The van der Waals surface area contributed by atoms with Crippen molar-refractivity contribution in [1.29, 1.82) is 0 Å². The Bertz CT molecular complexity index is 423. The highest BCUT2D eigenvalue weighted by Gasteiger charge is 2.37. The molecule has 1 aliphatic heterocycles. The number of amides is 1. The molecular weight excluding hydrogens is 240 g/mol. The van der Waals surface area contributed by atoms with Gasteiger partial charge in [-0.25, -0.2) is 4.98 Å². The highest BCUT2D eigenvalue weighted by molar-refractivity contribution is 5.92. The number of carbonyl (C=O) groups is 2. The van der Waals surface area contributed by atoms with Crippen molar-refractivity contribution in [3.8, 4) is 0 Å². The summed E-state index contributed by atoms with van der Waals surface area (Å²) in [4.78, 5) is 26.5. The lowest BCUT2D eigenvalue weighted by Gasteiger charge is -2.36. The first-order valence-electron chi connectivity index (χ1n) is 5.62. The molecule has 98 valence electrons. The summed E-state index contributed by atoms with van der Waals surface area (Å²) >= 11 is 0. The molecule has 2 heterocycles. The van der Waals surface area contributed by atoms with Crippen LogP contribution in [0.4, 0.5) is 0 Å². The average molecular weight is 254 g/mol. The molecule has 0 radical (unpaired) electrons. The van der Waals surface area contributed by atoms with E-state index in [0.29, 0.717) is 26.1 Å². The largest absolute Gasteiger partial charge is 0.481 e. The highest BCUT2D eigenvalue weighted by Crippen LogP contribution is 2.25. The summed E-state index contributed by atoms with van der Waals surface area (Å²) in [6.07, 6.45) is 3.21. The third-order valence-electron chi connectivity index (χ3n) is 2.98. The van der Waals surface area contributed by atoms with Gasteiger partial charge < -0.3 is 19.6 Å². The van der Waals surface area contributed by atoms with Gasteiger partial charge in [0, 0.05) is 13.2 Å². The molecule has 1 saturated heterocycles. The molecule has 0 bridgehead atoms. The molecule has 0 spiro atoms. The number of nitrogens with one attached hydrogen (secondary N) is 1. The molecule has 7 heteroatoms. The zero-order valence-corrected chi connectivity index (χ0v) is 9.72. The Balaban J connectivity index is 2.09. The zero-order chi connectivity index (χ0) is 13.0. The maximum atomic E-state index is 11.9. The van der Waals surface area contributed by atoms with Crippen LogP contribution in [0.15, 0.2) is 17.1 Å². The minimum Gasteiger partial charge on any atom is -0.481 e. The number of carboxylic acids is 1. The van der Waals surface area contributed by atoms with Gasteiger partial charge in [-0.1, -0.05) is 0 Å². The van der Waals surface area contributed by atoms with Crippen LogP contribution >= 0.6 is 0 Å². The van der Waals surface area contributed by atoms with Crippen molar-refractivity contribution in [2.75, 3.05) is 13.2 Å². The standard InChI is InChI=1S/C11H14N2O5/c14-9(15)5-11(1-3-17-4-2-11)13-10(16)8-6-18-7-12-8/h6-7H,1-5H2,(H,13,16)(H,14,15). The number of hydrogen-bond donors (Lipinski definition) is 2. The van der Waals surface area contributed by atoms with Crippen molar-refractivity contribution in [2.24, 2.45) is 0 Å². The van der Waals surface area contributed by atoms with Crippen LogP contribution < -0.4 is 5.32 Å². The Hall–Kier alpha value is -1.89. The van der Waals surface area contributed by atoms with Crippen molar-refractivity contribution < 1.29 is 23.8 Å². The molecule has 2 rings (SSSR count). The van der Waals surface area contributed by atoms with Gasteiger partial charge in [-0.05, 0) is 12.8 Å². The number of oxazole rings is 1. The molecule has 1 aromatic rings. The molecule has 1 aromatic heterocycles. The van der Waals surface area contributed by atoms with Crippen LogP contribution in [0.25, 0.3) is 0 Å². The molecule has 1 aliphatic rings. The van der Waals surface area contributed by atoms with E-state index in [9.17, 15) is 9.59 Å². The summed E-state index contributed by atoms with van der Waals surface area (Å²) < 4.78 is 9.93. The van der Waals surface area contributed by atoms with Gasteiger partial charge in [0.1, 0.15) is 6.26 Å². The molecule has 0 atom stereocenters. The molecule has 18 heavy (non-hydrogen) atoms. The number of nitrogens with zero attached hydrogens (tertiary/aromatic N) is 1. The molecular formula is C11H14N2O5. The number of rotatable bonds is 4. The number of hydrogen-bond acceptors (Lipinski definition) is 5. The first-order valence-corrected chi connectivity index (χ1v) is 5.62. The maximum Gasteiger partial charge on any atom is 0.305 e. The lowest BCUT2D eigenvalue weighted by Crippen LogP contribution is -2.53. The number of ether oxygens (including phenoxy) is 1. The van der Waals surface area contributed by atoms with Crippen LogP contribution in [0.5, 0.6) is 0 Å². The fraction of sp³-hybridized carbons (Fsp3) is 0.545. The third kappa shape index (κ3) is 2.86. The lowest BCUT2D eigenvalue weighted by atomic mass is 9.86. The van der Waals surface area contributed by atoms with E-state index in [0.717, 1.165) is 6.39 Å². The van der Waals surface area contributed by atoms with Crippen molar-refractivity contribution in [2.45, 2.75) is 24.8 Å². The summed E-state index contributed by atoms with van der Waals surface area (Å²) in [5, 5.41) is 11.7. The second-order valence-corrected chi connectivity index (χ2v) is 4.29. The van der Waals surface area contributed by atoms with E-state index >= 15 is 0 Å². The number of carbonyl (C=O) groups excluding carboxylic acids is 1. The number of carboxylic acid groups (broad SMARTS) is 1. The van der Waals surface area contributed by atoms with Crippen LogP contribution in [0.1, 0.15) is 29.8 Å². The van der Waals surface area contributed by atoms with Gasteiger partial charge in [-0.15, -0.1) is 0 Å². The molecule has 0 aromatic carbocycles. The van der Waals surface area contributed by atoms with E-state index < -0.39 is 17.4 Å². The van der Waals surface area contributed by atoms with Crippen molar-refractivity contribution in [3.63, 3.8) is 0 Å². The number of aliphatic carboxylic acids is 1. The van der Waals surface area contributed by atoms with Crippen LogP contribution in [0.3, 0.4) is 0 Å². The fourth-order valence-electron chi connectivity index (χ4n) is 2.03. The summed E-state index contributed by atoms with van der Waals surface area (Å²) in [5.41, 5.74) is -0.619. The van der Waals surface area contributed by atoms with Crippen LogP contribution in [0.2, 0.25) is 0 Å². The summed E-state index contributed by atoms with van der Waals surface area (Å²) in [6, 6.07) is 0. The van der Waals surface area contributed by atoms with Crippen LogP contribution in [-0.2, 0) is 9.53 Å². The van der Waals surface area contributed by atoms with E-state index in [-0.39, 0.29) is 12.1 Å². The first kappa shape index (κ1) is 12.6. The van der Waals surface area contributed by atoms with Crippen molar-refractivity contribution in [1.82, 2.24) is 10.3 Å². The Kier molecular flexibility index (Phi) is 3.61. The SMILES string of the molecule is O=C(O)CC1(NC(=O)c2cocn2)CCOCC1. The van der Waals surface area contributed by atoms with Crippen LogP contribution in [0, 0.1) is 0 Å². The second kappa shape index (κ2) is 5.18. The van der Waals surface area contributed by atoms with Gasteiger partial charge >= 0.3 is 5.97 Å². The molecule has 7 nitrogen and oxygen atoms in total. The summed E-state index contributed by atoms with van der Waals surface area (Å²) in [5.74, 6) is -1.37. The minimum atomic E-state index is -0.947. The molecule has 2 N–H and O–H groups in total.